The molecular weight excluding hydrogens is 430 g/mol. The lowest BCUT2D eigenvalue weighted by atomic mass is 9.69. The summed E-state index contributed by atoms with van der Waals surface area (Å²) in [5, 5.41) is 11.1. The molecule has 32 heavy (non-hydrogen) atoms. The molecule has 0 radical (unpaired) electrons. The minimum Gasteiger partial charge on any atom is -0.467 e. The number of rotatable bonds is 9. The Kier molecular flexibility index (Phi) is 6.69. The Morgan fingerprint density at radius 1 is 1.16 bits per heavy atom. The Balaban J connectivity index is 1.62. The molecule has 1 aromatic heterocycles. The fraction of sp³-hybridized carbons (Fsp3) is 0.348. The molecule has 0 spiro atoms. The SMILES string of the molecule is COCCOCOc1ccc2c(c1)Oc1ccccc1C2C(C)(C)C(=O)Nc1nncs1. The Labute approximate surface area is 190 Å². The highest BCUT2D eigenvalue weighted by Crippen LogP contribution is 2.52. The Morgan fingerprint density at radius 3 is 2.75 bits per heavy atom. The molecular formula is C23H25N3O5S. The number of ether oxygens (including phenoxy) is 4. The lowest BCUT2D eigenvalue weighted by Crippen LogP contribution is -2.38. The van der Waals surface area contributed by atoms with Crippen molar-refractivity contribution < 1.29 is 23.7 Å². The number of hydrogen-bond donors (Lipinski definition) is 1. The summed E-state index contributed by atoms with van der Waals surface area (Å²) in [6.07, 6.45) is 0. The molecule has 168 valence electrons. The zero-order chi connectivity index (χ0) is 22.6. The summed E-state index contributed by atoms with van der Waals surface area (Å²) in [6, 6.07) is 13.4. The first-order valence-electron chi connectivity index (χ1n) is 10.2. The fourth-order valence-electron chi connectivity index (χ4n) is 3.73. The van der Waals surface area contributed by atoms with E-state index in [4.69, 9.17) is 18.9 Å². The fourth-order valence-corrected chi connectivity index (χ4v) is 4.17. The van der Waals surface area contributed by atoms with Crippen molar-refractivity contribution in [2.75, 3.05) is 32.4 Å². The molecule has 1 unspecified atom stereocenters. The van der Waals surface area contributed by atoms with E-state index in [1.165, 1.54) is 11.3 Å². The topological polar surface area (TPSA) is 91.8 Å². The molecule has 0 saturated carbocycles. The number of hydrogen-bond acceptors (Lipinski definition) is 8. The minimum absolute atomic E-state index is 0.109. The molecule has 0 aliphatic carbocycles. The highest BCUT2D eigenvalue weighted by Gasteiger charge is 2.43. The van der Waals surface area contributed by atoms with Gasteiger partial charge in [0.15, 0.2) is 6.79 Å². The second-order valence-electron chi connectivity index (χ2n) is 7.86. The van der Waals surface area contributed by atoms with Crippen LogP contribution in [0, 0.1) is 5.41 Å². The molecule has 1 aliphatic heterocycles. The van der Waals surface area contributed by atoms with Gasteiger partial charge in [-0.15, -0.1) is 10.2 Å². The van der Waals surface area contributed by atoms with Crippen molar-refractivity contribution in [1.29, 1.82) is 0 Å². The van der Waals surface area contributed by atoms with Crippen molar-refractivity contribution in [1.82, 2.24) is 10.2 Å². The lowest BCUT2D eigenvalue weighted by Gasteiger charge is -2.38. The van der Waals surface area contributed by atoms with Crippen molar-refractivity contribution in [2.24, 2.45) is 5.41 Å². The maximum Gasteiger partial charge on any atom is 0.232 e. The van der Waals surface area contributed by atoms with E-state index >= 15 is 0 Å². The second-order valence-corrected chi connectivity index (χ2v) is 8.69. The van der Waals surface area contributed by atoms with Gasteiger partial charge in [0.05, 0.1) is 18.6 Å². The lowest BCUT2D eigenvalue weighted by molar-refractivity contribution is -0.124. The van der Waals surface area contributed by atoms with Gasteiger partial charge in [0.25, 0.3) is 0 Å². The van der Waals surface area contributed by atoms with Crippen molar-refractivity contribution in [2.45, 2.75) is 19.8 Å². The zero-order valence-corrected chi connectivity index (χ0v) is 19.0. The van der Waals surface area contributed by atoms with Crippen LogP contribution in [0.2, 0.25) is 0 Å². The monoisotopic (exact) mass is 455 g/mol. The molecule has 2 aromatic carbocycles. The van der Waals surface area contributed by atoms with E-state index in [1.807, 2.05) is 56.3 Å². The highest BCUT2D eigenvalue weighted by atomic mass is 32.1. The van der Waals surface area contributed by atoms with Crippen molar-refractivity contribution in [3.05, 3.63) is 59.1 Å². The van der Waals surface area contributed by atoms with Gasteiger partial charge >= 0.3 is 0 Å². The first-order valence-corrected chi connectivity index (χ1v) is 11.1. The largest absolute Gasteiger partial charge is 0.467 e. The molecule has 1 aliphatic rings. The van der Waals surface area contributed by atoms with Gasteiger partial charge in [-0.1, -0.05) is 49.4 Å². The normalized spacial score (nSPS) is 14.8. The molecule has 9 heteroatoms. The summed E-state index contributed by atoms with van der Waals surface area (Å²) in [5.41, 5.74) is 2.65. The first-order chi connectivity index (χ1) is 15.5. The predicted octanol–water partition coefficient (Wildman–Crippen LogP) is 4.44. The van der Waals surface area contributed by atoms with Gasteiger partial charge in [-0.05, 0) is 12.1 Å². The second kappa shape index (κ2) is 9.64. The van der Waals surface area contributed by atoms with E-state index < -0.39 is 5.41 Å². The summed E-state index contributed by atoms with van der Waals surface area (Å²) in [6.45, 7) is 4.91. The molecule has 0 saturated heterocycles. The third-order valence-corrected chi connectivity index (χ3v) is 5.98. The van der Waals surface area contributed by atoms with Gasteiger partial charge < -0.3 is 24.3 Å². The number of aromatic nitrogens is 2. The van der Waals surface area contributed by atoms with Crippen LogP contribution in [0.4, 0.5) is 5.13 Å². The third-order valence-electron chi connectivity index (χ3n) is 5.37. The number of anilines is 1. The van der Waals surface area contributed by atoms with Crippen LogP contribution in [0.15, 0.2) is 48.0 Å². The summed E-state index contributed by atoms with van der Waals surface area (Å²) < 4.78 is 22.2. The van der Waals surface area contributed by atoms with E-state index in [2.05, 4.69) is 15.5 Å². The number of fused-ring (bicyclic) bond motifs is 2. The van der Waals surface area contributed by atoms with E-state index in [-0.39, 0.29) is 18.6 Å². The molecule has 8 nitrogen and oxygen atoms in total. The molecule has 1 N–H and O–H groups in total. The predicted molar refractivity (Wildman–Crippen MR) is 120 cm³/mol. The number of benzene rings is 2. The molecule has 1 atom stereocenters. The standard InChI is InChI=1S/C23H25N3O5S/c1-23(2,21(27)25-22-26-24-13-32-22)20-16-6-4-5-7-18(16)31-19-12-15(8-9-17(19)20)30-14-29-11-10-28-3/h4-9,12-13,20H,10-11,14H2,1-3H3,(H,25,26,27). The van der Waals surface area contributed by atoms with Crippen molar-refractivity contribution in [3.63, 3.8) is 0 Å². The number of carbonyl (C=O) groups is 1. The Hall–Kier alpha value is -3.01. The third kappa shape index (κ3) is 4.59. The van der Waals surface area contributed by atoms with Gasteiger partial charge in [0.1, 0.15) is 22.8 Å². The van der Waals surface area contributed by atoms with Gasteiger partial charge in [0, 0.05) is 30.2 Å². The van der Waals surface area contributed by atoms with Crippen LogP contribution in [0.1, 0.15) is 30.9 Å². The number of carbonyl (C=O) groups excluding carboxylic acids is 1. The minimum atomic E-state index is -0.800. The zero-order valence-electron chi connectivity index (χ0n) is 18.2. The maximum absolute atomic E-state index is 13.3. The van der Waals surface area contributed by atoms with Crippen molar-refractivity contribution >= 4 is 22.4 Å². The van der Waals surface area contributed by atoms with E-state index in [1.54, 1.807) is 12.6 Å². The maximum atomic E-state index is 13.3. The van der Waals surface area contributed by atoms with Crippen LogP contribution in [-0.4, -0.2) is 43.2 Å². The summed E-state index contributed by atoms with van der Waals surface area (Å²) >= 11 is 1.28. The number of methoxy groups -OCH3 is 1. The van der Waals surface area contributed by atoms with Gasteiger partial charge in [0.2, 0.25) is 11.0 Å². The summed E-state index contributed by atoms with van der Waals surface area (Å²) in [4.78, 5) is 13.3. The molecule has 3 aromatic rings. The number of nitrogens with zero attached hydrogens (tertiary/aromatic N) is 2. The van der Waals surface area contributed by atoms with Crippen LogP contribution in [0.3, 0.4) is 0 Å². The van der Waals surface area contributed by atoms with Crippen LogP contribution < -0.4 is 14.8 Å². The average Bonchev–Trinajstić information content (AvgIpc) is 3.30. The average molecular weight is 456 g/mol. The molecule has 0 bridgehead atoms. The number of amides is 1. The summed E-state index contributed by atoms with van der Waals surface area (Å²) in [7, 11) is 1.62. The molecule has 2 heterocycles. The van der Waals surface area contributed by atoms with Gasteiger partial charge in [-0.2, -0.15) is 0 Å². The van der Waals surface area contributed by atoms with Gasteiger partial charge in [-0.25, -0.2) is 0 Å². The van der Waals surface area contributed by atoms with E-state index in [0.29, 0.717) is 29.8 Å². The van der Waals surface area contributed by atoms with Crippen molar-refractivity contribution in [3.8, 4) is 17.2 Å². The molecule has 1 amide bonds. The number of para-hydroxylation sites is 1. The quantitative estimate of drug-likeness (QED) is 0.377. The Bertz CT molecular complexity index is 1070. The molecule has 4 rings (SSSR count). The van der Waals surface area contributed by atoms with Crippen LogP contribution in [0.5, 0.6) is 17.2 Å². The smallest absolute Gasteiger partial charge is 0.232 e. The number of nitrogens with one attached hydrogen (secondary N) is 1. The van der Waals surface area contributed by atoms with Crippen LogP contribution >= 0.6 is 11.3 Å². The van der Waals surface area contributed by atoms with E-state index in [0.717, 1.165) is 16.9 Å². The van der Waals surface area contributed by atoms with Crippen LogP contribution in [0.25, 0.3) is 0 Å². The Morgan fingerprint density at radius 2 is 1.97 bits per heavy atom. The van der Waals surface area contributed by atoms with Gasteiger partial charge in [-0.3, -0.25) is 4.79 Å². The van der Waals surface area contributed by atoms with E-state index in [9.17, 15) is 4.79 Å². The van der Waals surface area contributed by atoms with Crippen LogP contribution in [-0.2, 0) is 14.3 Å². The summed E-state index contributed by atoms with van der Waals surface area (Å²) in [5.74, 6) is 1.61. The molecule has 0 fully saturated rings. The first kappa shape index (κ1) is 22.2. The highest BCUT2D eigenvalue weighted by molar-refractivity contribution is 7.13.